The molecule has 0 N–H and O–H groups in total. The van der Waals surface area contributed by atoms with Crippen LogP contribution in [-0.2, 0) is 11.8 Å². The third-order valence-electron chi connectivity index (χ3n) is 3.60. The van der Waals surface area contributed by atoms with Crippen molar-refractivity contribution in [1.82, 2.24) is 0 Å². The number of hydrogen-bond donors (Lipinski definition) is 1. The smallest absolute Gasteiger partial charge is 0.0209 e. The van der Waals surface area contributed by atoms with Crippen LogP contribution in [0, 0.1) is 6.92 Å². The molecule has 0 aliphatic heterocycles. The van der Waals surface area contributed by atoms with Gasteiger partial charge in [0.15, 0.2) is 0 Å². The largest absolute Gasteiger partial charge is 0.147 e. The molecule has 80 valence electrons. The van der Waals surface area contributed by atoms with Crippen LogP contribution in [0.2, 0.25) is 0 Å². The van der Waals surface area contributed by atoms with Crippen molar-refractivity contribution in [3.63, 3.8) is 0 Å². The molecule has 0 bridgehead atoms. The molecule has 1 heteroatoms. The minimum Gasteiger partial charge on any atom is -0.147 e. The molecule has 1 aliphatic carbocycles. The second-order valence-electron chi connectivity index (χ2n) is 4.82. The van der Waals surface area contributed by atoms with E-state index in [0.29, 0.717) is 0 Å². The number of hydrogen-bond acceptors (Lipinski definition) is 1. The predicted molar refractivity (Wildman–Crippen MR) is 70.5 cm³/mol. The lowest BCUT2D eigenvalue weighted by Crippen LogP contribution is -2.14. The summed E-state index contributed by atoms with van der Waals surface area (Å²) >= 11 is 4.59. The van der Waals surface area contributed by atoms with Crippen LogP contribution in [0.1, 0.15) is 43.0 Å². The first-order valence-corrected chi connectivity index (χ1v) is 5.97. The molecule has 0 heterocycles. The summed E-state index contributed by atoms with van der Waals surface area (Å²) in [6.07, 6.45) is 3.34. The Balaban J connectivity index is 2.68. The maximum atomic E-state index is 4.59. The monoisotopic (exact) mass is 218 g/mol. The first-order chi connectivity index (χ1) is 6.98. The molecule has 15 heavy (non-hydrogen) atoms. The maximum absolute atomic E-state index is 4.59. The third kappa shape index (κ3) is 1.45. The third-order valence-corrected chi connectivity index (χ3v) is 4.29. The van der Waals surface area contributed by atoms with Crippen LogP contribution < -0.4 is 0 Å². The van der Waals surface area contributed by atoms with Crippen molar-refractivity contribution in [1.29, 1.82) is 0 Å². The van der Waals surface area contributed by atoms with Crippen molar-refractivity contribution in [2.24, 2.45) is 0 Å². The highest BCUT2D eigenvalue weighted by Gasteiger charge is 2.31. The first kappa shape index (κ1) is 10.8. The van der Waals surface area contributed by atoms with E-state index in [1.165, 1.54) is 27.2 Å². The first-order valence-electron chi connectivity index (χ1n) is 5.52. The molecule has 1 aromatic rings. The topological polar surface area (TPSA) is 0 Å². The Morgan fingerprint density at radius 1 is 1.27 bits per heavy atom. The highest BCUT2D eigenvalue weighted by molar-refractivity contribution is 7.84. The van der Waals surface area contributed by atoms with Gasteiger partial charge in [-0.2, -0.15) is 0 Å². The Morgan fingerprint density at radius 3 is 2.53 bits per heavy atom. The van der Waals surface area contributed by atoms with Gasteiger partial charge >= 0.3 is 0 Å². The number of thiol groups is 1. The summed E-state index contributed by atoms with van der Waals surface area (Å²) < 4.78 is 0. The van der Waals surface area contributed by atoms with Crippen molar-refractivity contribution in [2.45, 2.75) is 39.5 Å². The molecule has 0 nitrogen and oxygen atoms in total. The zero-order chi connectivity index (χ0) is 11.2. The standard InChI is InChI=1S/C14H18S/c1-5-10-6-7-12-11(9(10)2)8-13(15)14(12,3)4/h6-8,15H,5H2,1-4H3. The van der Waals surface area contributed by atoms with E-state index >= 15 is 0 Å². The summed E-state index contributed by atoms with van der Waals surface area (Å²) in [6, 6.07) is 4.52. The highest BCUT2D eigenvalue weighted by Crippen LogP contribution is 2.44. The van der Waals surface area contributed by atoms with Gasteiger partial charge in [0.25, 0.3) is 0 Å². The summed E-state index contributed by atoms with van der Waals surface area (Å²) in [5.41, 5.74) is 5.78. The molecular formula is C14H18S. The number of fused-ring (bicyclic) bond motifs is 1. The van der Waals surface area contributed by atoms with Crippen LogP contribution in [-0.4, -0.2) is 0 Å². The van der Waals surface area contributed by atoms with Crippen molar-refractivity contribution < 1.29 is 0 Å². The molecule has 0 radical (unpaired) electrons. The van der Waals surface area contributed by atoms with Gasteiger partial charge < -0.3 is 0 Å². The van der Waals surface area contributed by atoms with Gasteiger partial charge in [0.1, 0.15) is 0 Å². The van der Waals surface area contributed by atoms with Gasteiger partial charge in [-0.1, -0.05) is 32.9 Å². The van der Waals surface area contributed by atoms with Gasteiger partial charge in [0.05, 0.1) is 0 Å². The molecule has 1 aromatic carbocycles. The van der Waals surface area contributed by atoms with E-state index < -0.39 is 0 Å². The fourth-order valence-electron chi connectivity index (χ4n) is 2.34. The second-order valence-corrected chi connectivity index (χ2v) is 5.30. The molecule has 0 atom stereocenters. The Labute approximate surface area is 97.8 Å². The molecule has 0 saturated heterocycles. The van der Waals surface area contributed by atoms with Crippen molar-refractivity contribution in [3.05, 3.63) is 39.3 Å². The van der Waals surface area contributed by atoms with Crippen molar-refractivity contribution in [2.75, 3.05) is 0 Å². The summed E-state index contributed by atoms with van der Waals surface area (Å²) in [5, 5.41) is 0. The number of benzene rings is 1. The lowest BCUT2D eigenvalue weighted by Gasteiger charge is -2.22. The van der Waals surface area contributed by atoms with E-state index in [4.69, 9.17) is 0 Å². The highest BCUT2D eigenvalue weighted by atomic mass is 32.1. The van der Waals surface area contributed by atoms with Gasteiger partial charge in [0, 0.05) is 5.41 Å². The normalized spacial score (nSPS) is 17.5. The van der Waals surface area contributed by atoms with Crippen LogP contribution in [0.3, 0.4) is 0 Å². The van der Waals surface area contributed by atoms with Crippen molar-refractivity contribution in [3.8, 4) is 0 Å². The van der Waals surface area contributed by atoms with Gasteiger partial charge in [0.2, 0.25) is 0 Å². The summed E-state index contributed by atoms with van der Waals surface area (Å²) in [5.74, 6) is 0. The number of allylic oxidation sites excluding steroid dienone is 1. The number of rotatable bonds is 1. The predicted octanol–water partition coefficient (Wildman–Crippen LogP) is 4.12. The SMILES string of the molecule is CCc1ccc2c(c1C)C=C(S)C2(C)C. The molecular weight excluding hydrogens is 200 g/mol. The average Bonchev–Trinajstić information content (AvgIpc) is 2.41. The molecule has 0 saturated carbocycles. The van der Waals surface area contributed by atoms with Crippen molar-refractivity contribution >= 4 is 18.7 Å². The number of aryl methyl sites for hydroxylation is 1. The molecule has 0 amide bonds. The summed E-state index contributed by atoms with van der Waals surface area (Å²) in [6.45, 7) is 8.90. The van der Waals surface area contributed by atoms with Crippen LogP contribution >= 0.6 is 12.6 Å². The van der Waals surface area contributed by atoms with E-state index in [1.807, 2.05) is 0 Å². The Kier molecular flexibility index (Phi) is 2.46. The minimum atomic E-state index is 0.0927. The zero-order valence-electron chi connectivity index (χ0n) is 9.89. The average molecular weight is 218 g/mol. The van der Waals surface area contributed by atoms with E-state index in [2.05, 4.69) is 58.5 Å². The van der Waals surface area contributed by atoms with Crippen LogP contribution in [0.5, 0.6) is 0 Å². The van der Waals surface area contributed by atoms with Gasteiger partial charge in [-0.15, -0.1) is 12.6 Å². The van der Waals surface area contributed by atoms with Crippen LogP contribution in [0.15, 0.2) is 17.0 Å². The quantitative estimate of drug-likeness (QED) is 0.674. The Morgan fingerprint density at radius 2 is 1.93 bits per heavy atom. The second kappa shape index (κ2) is 3.41. The van der Waals surface area contributed by atoms with Gasteiger partial charge in [-0.3, -0.25) is 0 Å². The zero-order valence-corrected chi connectivity index (χ0v) is 10.8. The summed E-state index contributed by atoms with van der Waals surface area (Å²) in [4.78, 5) is 1.17. The molecule has 2 rings (SSSR count). The maximum Gasteiger partial charge on any atom is 0.0209 e. The van der Waals surface area contributed by atoms with Gasteiger partial charge in [-0.05, 0) is 46.6 Å². The van der Waals surface area contributed by atoms with E-state index in [-0.39, 0.29) is 5.41 Å². The lowest BCUT2D eigenvalue weighted by atomic mass is 9.84. The van der Waals surface area contributed by atoms with E-state index in [9.17, 15) is 0 Å². The molecule has 0 unspecified atom stereocenters. The van der Waals surface area contributed by atoms with Crippen LogP contribution in [0.4, 0.5) is 0 Å². The van der Waals surface area contributed by atoms with Gasteiger partial charge in [-0.25, -0.2) is 0 Å². The molecule has 0 fully saturated rings. The minimum absolute atomic E-state index is 0.0927. The van der Waals surface area contributed by atoms with E-state index in [1.54, 1.807) is 0 Å². The molecule has 0 spiro atoms. The Bertz CT molecular complexity index is 439. The fraction of sp³-hybridized carbons (Fsp3) is 0.429. The fourth-order valence-corrected chi connectivity index (χ4v) is 2.59. The lowest BCUT2D eigenvalue weighted by molar-refractivity contribution is 0.672. The summed E-state index contributed by atoms with van der Waals surface area (Å²) in [7, 11) is 0. The van der Waals surface area contributed by atoms with Crippen LogP contribution in [0.25, 0.3) is 6.08 Å². The molecule has 0 aromatic heterocycles. The molecule has 1 aliphatic rings. The Hall–Kier alpha value is -0.690. The van der Waals surface area contributed by atoms with E-state index in [0.717, 1.165) is 6.42 Å².